The van der Waals surface area contributed by atoms with Gasteiger partial charge in [0.25, 0.3) is 11.6 Å². The second-order valence-corrected chi connectivity index (χ2v) is 5.83. The Morgan fingerprint density at radius 3 is 2.83 bits per heavy atom. The van der Waals surface area contributed by atoms with Crippen molar-refractivity contribution in [1.29, 1.82) is 0 Å². The monoisotopic (exact) mass is 351 g/mol. The molecule has 7 nitrogen and oxygen atoms in total. The topological polar surface area (TPSA) is 93.5 Å². The van der Waals surface area contributed by atoms with Gasteiger partial charge in [-0.3, -0.25) is 14.9 Å². The molecule has 0 bridgehead atoms. The third-order valence-corrected chi connectivity index (χ3v) is 4.01. The summed E-state index contributed by atoms with van der Waals surface area (Å²) in [5.41, 5.74) is 0.0541. The smallest absolute Gasteiger partial charge is 0.283 e. The highest BCUT2D eigenvalue weighted by Crippen LogP contribution is 2.25. The lowest BCUT2D eigenvalue weighted by Crippen LogP contribution is -2.33. The van der Waals surface area contributed by atoms with Crippen molar-refractivity contribution < 1.29 is 14.5 Å². The number of hydrogen-bond acceptors (Lipinski definition) is 6. The van der Waals surface area contributed by atoms with Crippen molar-refractivity contribution >= 4 is 45.8 Å². The third kappa shape index (κ3) is 4.73. The summed E-state index contributed by atoms with van der Waals surface area (Å²) in [6.45, 7) is 0.447. The number of hydrogen-bond donors (Lipinski definition) is 2. The fourth-order valence-corrected chi connectivity index (χ4v) is 2.50. The zero-order valence-electron chi connectivity index (χ0n) is 12.1. The van der Waals surface area contributed by atoms with Crippen molar-refractivity contribution in [1.82, 2.24) is 5.32 Å². The molecule has 0 aliphatic heterocycles. The van der Waals surface area contributed by atoms with Gasteiger partial charge < -0.3 is 15.4 Å². The van der Waals surface area contributed by atoms with E-state index in [1.54, 1.807) is 11.3 Å². The van der Waals surface area contributed by atoms with Crippen LogP contribution in [0.1, 0.15) is 4.88 Å². The molecule has 0 saturated carbocycles. The molecular weight excluding hydrogens is 338 g/mol. The number of nitro benzene ring substituents is 1. The first-order valence-electron chi connectivity index (χ1n) is 6.44. The predicted octanol–water partition coefficient (Wildman–Crippen LogP) is 2.72. The normalized spacial score (nSPS) is 9.96. The van der Waals surface area contributed by atoms with Crippen molar-refractivity contribution in [3.05, 3.63) is 50.7 Å². The lowest BCUT2D eigenvalue weighted by Gasteiger charge is -2.09. The molecule has 0 spiro atoms. The highest BCUT2D eigenvalue weighted by atomic mass is 32.1. The number of ether oxygens (including phenoxy) is 1. The van der Waals surface area contributed by atoms with Gasteiger partial charge in [0.1, 0.15) is 5.75 Å². The number of thiocarbonyl (C=S) groups is 1. The average molecular weight is 351 g/mol. The first kappa shape index (κ1) is 16.8. The molecule has 1 amide bonds. The van der Waals surface area contributed by atoms with Gasteiger partial charge in [-0.05, 0) is 11.4 Å². The minimum Gasteiger partial charge on any atom is -0.496 e. The minimum atomic E-state index is -0.564. The van der Waals surface area contributed by atoms with Crippen LogP contribution in [0.4, 0.5) is 11.4 Å². The van der Waals surface area contributed by atoms with E-state index < -0.39 is 10.8 Å². The summed E-state index contributed by atoms with van der Waals surface area (Å²) in [6, 6.07) is 7.81. The second kappa shape index (κ2) is 7.65. The number of nitro groups is 1. The summed E-state index contributed by atoms with van der Waals surface area (Å²) in [5, 5.41) is 18.2. The quantitative estimate of drug-likeness (QED) is 0.489. The van der Waals surface area contributed by atoms with Crippen LogP contribution in [0.3, 0.4) is 0 Å². The predicted molar refractivity (Wildman–Crippen MR) is 92.0 cm³/mol. The molecule has 0 fully saturated rings. The highest BCUT2D eigenvalue weighted by Gasteiger charge is 2.14. The molecule has 1 aromatic heterocycles. The zero-order valence-corrected chi connectivity index (χ0v) is 13.7. The number of methoxy groups -OCH3 is 1. The van der Waals surface area contributed by atoms with Gasteiger partial charge >= 0.3 is 0 Å². The Kier molecular flexibility index (Phi) is 5.61. The molecule has 0 saturated heterocycles. The molecule has 120 valence electrons. The molecule has 0 aliphatic carbocycles. The van der Waals surface area contributed by atoms with E-state index in [9.17, 15) is 14.9 Å². The van der Waals surface area contributed by atoms with Gasteiger partial charge in [0, 0.05) is 17.0 Å². The van der Waals surface area contributed by atoms with Crippen LogP contribution < -0.4 is 15.4 Å². The molecule has 23 heavy (non-hydrogen) atoms. The van der Waals surface area contributed by atoms with E-state index in [4.69, 9.17) is 17.0 Å². The number of rotatable bonds is 5. The Hall–Kier alpha value is -2.52. The van der Waals surface area contributed by atoms with E-state index in [1.165, 1.54) is 25.3 Å². The Labute approximate surface area is 141 Å². The van der Waals surface area contributed by atoms with Crippen LogP contribution in [0.15, 0.2) is 35.7 Å². The lowest BCUT2D eigenvalue weighted by atomic mass is 10.2. The molecule has 2 aromatic rings. The van der Waals surface area contributed by atoms with Crippen LogP contribution in [0.25, 0.3) is 0 Å². The van der Waals surface area contributed by atoms with Crippen LogP contribution in [-0.4, -0.2) is 22.9 Å². The maximum absolute atomic E-state index is 12.0. The summed E-state index contributed by atoms with van der Waals surface area (Å²) in [4.78, 5) is 23.4. The molecule has 0 radical (unpaired) electrons. The summed E-state index contributed by atoms with van der Waals surface area (Å²) in [7, 11) is 1.39. The van der Waals surface area contributed by atoms with Crippen molar-refractivity contribution in [2.45, 2.75) is 6.54 Å². The van der Waals surface area contributed by atoms with Gasteiger partial charge in [-0.1, -0.05) is 18.3 Å². The third-order valence-electron chi connectivity index (χ3n) is 2.81. The number of carbonyl (C=O) groups is 1. The van der Waals surface area contributed by atoms with Crippen molar-refractivity contribution in [2.75, 3.05) is 12.4 Å². The summed E-state index contributed by atoms with van der Waals surface area (Å²) >= 11 is 6.56. The lowest BCUT2D eigenvalue weighted by molar-refractivity contribution is -0.384. The number of thiophene rings is 1. The maximum atomic E-state index is 12.0. The SMILES string of the molecule is COc1cc(NC(=O)C(=S)NCc2cccs2)cc([N+](=O)[O-])c1. The van der Waals surface area contributed by atoms with Gasteiger partial charge in [-0.2, -0.15) is 0 Å². The zero-order chi connectivity index (χ0) is 16.8. The van der Waals surface area contributed by atoms with E-state index in [0.717, 1.165) is 4.88 Å². The van der Waals surface area contributed by atoms with E-state index in [2.05, 4.69) is 10.6 Å². The number of amides is 1. The summed E-state index contributed by atoms with van der Waals surface area (Å²) in [6.07, 6.45) is 0. The number of nitrogens with zero attached hydrogens (tertiary/aromatic N) is 1. The summed E-state index contributed by atoms with van der Waals surface area (Å²) in [5.74, 6) is -0.272. The Bertz CT molecular complexity index is 732. The van der Waals surface area contributed by atoms with Gasteiger partial charge in [-0.15, -0.1) is 11.3 Å². The molecule has 0 aliphatic rings. The fraction of sp³-hybridized carbons (Fsp3) is 0.143. The summed E-state index contributed by atoms with van der Waals surface area (Å²) < 4.78 is 4.98. The largest absolute Gasteiger partial charge is 0.496 e. The fourth-order valence-electron chi connectivity index (χ4n) is 1.73. The maximum Gasteiger partial charge on any atom is 0.283 e. The minimum absolute atomic E-state index is 0.00359. The molecular formula is C14H13N3O4S2. The van der Waals surface area contributed by atoms with E-state index in [-0.39, 0.29) is 22.1 Å². The van der Waals surface area contributed by atoms with Gasteiger partial charge in [0.05, 0.1) is 30.3 Å². The number of anilines is 1. The first-order valence-corrected chi connectivity index (χ1v) is 7.73. The van der Waals surface area contributed by atoms with Crippen LogP contribution in [0, 0.1) is 10.1 Å². The van der Waals surface area contributed by atoms with Gasteiger partial charge in [-0.25, -0.2) is 0 Å². The Morgan fingerprint density at radius 1 is 1.43 bits per heavy atom. The van der Waals surface area contributed by atoms with E-state index in [1.807, 2.05) is 17.5 Å². The molecule has 0 unspecified atom stereocenters. The van der Waals surface area contributed by atoms with E-state index in [0.29, 0.717) is 6.54 Å². The molecule has 0 atom stereocenters. The molecule has 9 heteroatoms. The molecule has 2 rings (SSSR count). The average Bonchev–Trinajstić information content (AvgIpc) is 3.05. The Morgan fingerprint density at radius 2 is 2.22 bits per heavy atom. The number of carbonyl (C=O) groups excluding carboxylic acids is 1. The molecule has 1 heterocycles. The standard InChI is InChI=1S/C14H13N3O4S2/c1-21-11-6-9(5-10(7-11)17(19)20)16-13(18)14(22)15-8-12-3-2-4-23-12/h2-7H,8H2,1H3,(H,15,22)(H,16,18). The number of nitrogens with one attached hydrogen (secondary N) is 2. The van der Waals surface area contributed by atoms with Crippen LogP contribution in [0.2, 0.25) is 0 Å². The molecule has 1 aromatic carbocycles. The van der Waals surface area contributed by atoms with Gasteiger partial charge in [0.2, 0.25) is 0 Å². The van der Waals surface area contributed by atoms with Gasteiger partial charge in [0.15, 0.2) is 4.99 Å². The van der Waals surface area contributed by atoms with E-state index >= 15 is 0 Å². The second-order valence-electron chi connectivity index (χ2n) is 4.39. The molecule has 2 N–H and O–H groups in total. The first-order chi connectivity index (χ1) is 11.0. The van der Waals surface area contributed by atoms with Crippen LogP contribution in [-0.2, 0) is 11.3 Å². The number of benzene rings is 1. The highest BCUT2D eigenvalue weighted by molar-refractivity contribution is 7.82. The number of non-ortho nitro benzene ring substituents is 1. The van der Waals surface area contributed by atoms with Crippen molar-refractivity contribution in [3.8, 4) is 5.75 Å². The van der Waals surface area contributed by atoms with Crippen LogP contribution in [0.5, 0.6) is 5.75 Å². The van der Waals surface area contributed by atoms with Crippen LogP contribution >= 0.6 is 23.6 Å². The Balaban J connectivity index is 2.02. The van der Waals surface area contributed by atoms with Crippen molar-refractivity contribution in [2.24, 2.45) is 0 Å². The van der Waals surface area contributed by atoms with Crippen molar-refractivity contribution in [3.63, 3.8) is 0 Å².